The molecule has 0 bridgehead atoms. The van der Waals surface area contributed by atoms with Crippen molar-refractivity contribution in [1.82, 2.24) is 5.32 Å². The highest BCUT2D eigenvalue weighted by Crippen LogP contribution is 2.17. The number of hydrogen-bond acceptors (Lipinski definition) is 4. The first-order valence-electron chi connectivity index (χ1n) is 6.44. The zero-order valence-corrected chi connectivity index (χ0v) is 10.7. The van der Waals surface area contributed by atoms with E-state index in [4.69, 9.17) is 0 Å². The molecular formula is C14H19N3O. The van der Waals surface area contributed by atoms with Crippen LogP contribution in [-0.4, -0.2) is 31.3 Å². The van der Waals surface area contributed by atoms with E-state index in [0.717, 1.165) is 36.6 Å². The number of nitrogens with one attached hydrogen (secondary N) is 2. The molecule has 1 aliphatic heterocycles. The third kappa shape index (κ3) is 3.09. The van der Waals surface area contributed by atoms with E-state index in [0.29, 0.717) is 13.0 Å². The molecule has 4 heteroatoms. The minimum Gasteiger partial charge on any atom is -0.377 e. The van der Waals surface area contributed by atoms with Gasteiger partial charge in [-0.1, -0.05) is 19.1 Å². The third-order valence-corrected chi connectivity index (χ3v) is 2.89. The number of anilines is 1. The van der Waals surface area contributed by atoms with E-state index < -0.39 is 0 Å². The monoisotopic (exact) mass is 245 g/mol. The van der Waals surface area contributed by atoms with Crippen LogP contribution in [0.1, 0.15) is 30.1 Å². The molecule has 1 heterocycles. The molecule has 0 radical (unpaired) electrons. The lowest BCUT2D eigenvalue weighted by Crippen LogP contribution is -2.26. The van der Waals surface area contributed by atoms with Crippen LogP contribution in [0.4, 0.5) is 5.69 Å². The topological polar surface area (TPSA) is 53.5 Å². The van der Waals surface area contributed by atoms with Crippen molar-refractivity contribution in [3.63, 3.8) is 0 Å². The van der Waals surface area contributed by atoms with Crippen molar-refractivity contribution in [1.29, 1.82) is 0 Å². The number of carbonyl (C=O) groups is 1. The Kier molecular flexibility index (Phi) is 4.34. The number of Topliss-reactive ketones (excluding diaryl/α,β-unsaturated/α-hetero) is 1. The van der Waals surface area contributed by atoms with Crippen LogP contribution in [0, 0.1) is 0 Å². The van der Waals surface area contributed by atoms with E-state index in [9.17, 15) is 4.79 Å². The molecular weight excluding hydrogens is 226 g/mol. The summed E-state index contributed by atoms with van der Waals surface area (Å²) in [6.07, 6.45) is 1.47. The second-order valence-corrected chi connectivity index (χ2v) is 4.33. The van der Waals surface area contributed by atoms with Gasteiger partial charge in [0.2, 0.25) is 0 Å². The molecule has 18 heavy (non-hydrogen) atoms. The number of amidine groups is 1. The first-order valence-corrected chi connectivity index (χ1v) is 6.44. The molecule has 0 saturated carbocycles. The Morgan fingerprint density at radius 2 is 2.28 bits per heavy atom. The summed E-state index contributed by atoms with van der Waals surface area (Å²) >= 11 is 0. The maximum absolute atomic E-state index is 12.0. The predicted molar refractivity (Wildman–Crippen MR) is 74.5 cm³/mol. The summed E-state index contributed by atoms with van der Waals surface area (Å²) in [7, 11) is 0. The SMILES string of the molecule is CCCC(=O)c1ccccc1NCC1=NCCN1. The van der Waals surface area contributed by atoms with Gasteiger partial charge < -0.3 is 10.6 Å². The van der Waals surface area contributed by atoms with E-state index in [-0.39, 0.29) is 5.78 Å². The minimum atomic E-state index is 0.196. The maximum atomic E-state index is 12.0. The quantitative estimate of drug-likeness (QED) is 0.754. The van der Waals surface area contributed by atoms with Crippen molar-refractivity contribution < 1.29 is 4.79 Å². The Bertz CT molecular complexity index is 454. The molecule has 1 aromatic carbocycles. The smallest absolute Gasteiger partial charge is 0.164 e. The van der Waals surface area contributed by atoms with E-state index in [2.05, 4.69) is 15.6 Å². The average Bonchev–Trinajstić information content (AvgIpc) is 2.90. The van der Waals surface area contributed by atoms with Crippen LogP contribution in [0.3, 0.4) is 0 Å². The molecule has 96 valence electrons. The Hall–Kier alpha value is -1.84. The average molecular weight is 245 g/mol. The summed E-state index contributed by atoms with van der Waals surface area (Å²) < 4.78 is 0. The van der Waals surface area contributed by atoms with Crippen LogP contribution in [-0.2, 0) is 0 Å². The Morgan fingerprint density at radius 3 is 3.00 bits per heavy atom. The zero-order chi connectivity index (χ0) is 12.8. The molecule has 2 N–H and O–H groups in total. The minimum absolute atomic E-state index is 0.196. The summed E-state index contributed by atoms with van der Waals surface area (Å²) in [4.78, 5) is 16.3. The highest BCUT2D eigenvalue weighted by atomic mass is 16.1. The van der Waals surface area contributed by atoms with Crippen LogP contribution in [0.25, 0.3) is 0 Å². The second-order valence-electron chi connectivity index (χ2n) is 4.33. The number of nitrogens with zero attached hydrogens (tertiary/aromatic N) is 1. The summed E-state index contributed by atoms with van der Waals surface area (Å²) in [5.41, 5.74) is 1.67. The first kappa shape index (κ1) is 12.6. The fraction of sp³-hybridized carbons (Fsp3) is 0.429. The first-order chi connectivity index (χ1) is 8.81. The van der Waals surface area contributed by atoms with E-state index in [1.807, 2.05) is 31.2 Å². The molecule has 0 atom stereocenters. The van der Waals surface area contributed by atoms with Gasteiger partial charge >= 0.3 is 0 Å². The number of aliphatic imine (C=N–C) groups is 1. The number of ketones is 1. The van der Waals surface area contributed by atoms with Crippen molar-refractivity contribution in [2.24, 2.45) is 4.99 Å². The van der Waals surface area contributed by atoms with Crippen LogP contribution >= 0.6 is 0 Å². The van der Waals surface area contributed by atoms with E-state index in [1.165, 1.54) is 0 Å². The number of benzene rings is 1. The molecule has 0 amide bonds. The Balaban J connectivity index is 2.04. The van der Waals surface area contributed by atoms with Gasteiger partial charge in [0.05, 0.1) is 13.1 Å². The van der Waals surface area contributed by atoms with Crippen LogP contribution in [0.15, 0.2) is 29.3 Å². The highest BCUT2D eigenvalue weighted by molar-refractivity contribution is 6.01. The summed E-state index contributed by atoms with van der Waals surface area (Å²) in [5.74, 6) is 1.16. The van der Waals surface area contributed by atoms with Crippen LogP contribution in [0.5, 0.6) is 0 Å². The maximum Gasteiger partial charge on any atom is 0.164 e. The zero-order valence-electron chi connectivity index (χ0n) is 10.7. The highest BCUT2D eigenvalue weighted by Gasteiger charge is 2.11. The molecule has 0 saturated heterocycles. The Morgan fingerprint density at radius 1 is 1.44 bits per heavy atom. The van der Waals surface area contributed by atoms with Crippen LogP contribution < -0.4 is 10.6 Å². The molecule has 0 unspecified atom stereocenters. The third-order valence-electron chi connectivity index (χ3n) is 2.89. The van der Waals surface area contributed by atoms with Crippen molar-refractivity contribution >= 4 is 17.3 Å². The number of carbonyl (C=O) groups excluding carboxylic acids is 1. The van der Waals surface area contributed by atoms with Gasteiger partial charge in [-0.25, -0.2) is 0 Å². The largest absolute Gasteiger partial charge is 0.377 e. The lowest BCUT2D eigenvalue weighted by Gasteiger charge is -2.11. The lowest BCUT2D eigenvalue weighted by atomic mass is 10.0. The Labute approximate surface area is 108 Å². The fourth-order valence-corrected chi connectivity index (χ4v) is 1.99. The van der Waals surface area contributed by atoms with Gasteiger partial charge in [0.1, 0.15) is 5.84 Å². The molecule has 1 aliphatic rings. The van der Waals surface area contributed by atoms with Gasteiger partial charge in [-0.05, 0) is 18.6 Å². The predicted octanol–water partition coefficient (Wildman–Crippen LogP) is 2.08. The van der Waals surface area contributed by atoms with Gasteiger partial charge in [-0.3, -0.25) is 9.79 Å². The molecule has 4 nitrogen and oxygen atoms in total. The second kappa shape index (κ2) is 6.19. The van der Waals surface area contributed by atoms with Crippen molar-refractivity contribution in [2.45, 2.75) is 19.8 Å². The van der Waals surface area contributed by atoms with Gasteiger partial charge in [-0.2, -0.15) is 0 Å². The molecule has 1 aromatic rings. The number of hydrogen-bond donors (Lipinski definition) is 2. The van der Waals surface area contributed by atoms with Gasteiger partial charge in [0.15, 0.2) is 5.78 Å². The molecule has 0 aromatic heterocycles. The summed E-state index contributed by atoms with van der Waals surface area (Å²) in [6.45, 7) is 4.42. The summed E-state index contributed by atoms with van der Waals surface area (Å²) in [5, 5.41) is 6.48. The van der Waals surface area contributed by atoms with E-state index in [1.54, 1.807) is 0 Å². The molecule has 0 spiro atoms. The summed E-state index contributed by atoms with van der Waals surface area (Å²) in [6, 6.07) is 7.66. The van der Waals surface area contributed by atoms with E-state index >= 15 is 0 Å². The van der Waals surface area contributed by atoms with Gasteiger partial charge in [0.25, 0.3) is 0 Å². The van der Waals surface area contributed by atoms with Gasteiger partial charge in [0, 0.05) is 24.2 Å². The van der Waals surface area contributed by atoms with Crippen molar-refractivity contribution in [2.75, 3.05) is 25.0 Å². The number of para-hydroxylation sites is 1. The van der Waals surface area contributed by atoms with Crippen molar-refractivity contribution in [3.8, 4) is 0 Å². The fourth-order valence-electron chi connectivity index (χ4n) is 1.99. The normalized spacial score (nSPS) is 13.9. The van der Waals surface area contributed by atoms with Crippen LogP contribution in [0.2, 0.25) is 0 Å². The lowest BCUT2D eigenvalue weighted by molar-refractivity contribution is 0.0982. The standard InChI is InChI=1S/C14H19N3O/c1-2-5-13(18)11-6-3-4-7-12(11)17-10-14-15-8-9-16-14/h3-4,6-7,17H,2,5,8-10H2,1H3,(H,15,16). The molecule has 2 rings (SSSR count). The molecule has 0 fully saturated rings. The van der Waals surface area contributed by atoms with Gasteiger partial charge in [-0.15, -0.1) is 0 Å². The van der Waals surface area contributed by atoms with Crippen molar-refractivity contribution in [3.05, 3.63) is 29.8 Å². The molecule has 0 aliphatic carbocycles. The number of rotatable bonds is 6.